The van der Waals surface area contributed by atoms with Crippen LogP contribution in [0.5, 0.6) is 5.75 Å². The van der Waals surface area contributed by atoms with E-state index in [4.69, 9.17) is 10.5 Å². The van der Waals surface area contributed by atoms with E-state index in [1.54, 1.807) is 37.5 Å². The van der Waals surface area contributed by atoms with E-state index in [1.807, 2.05) is 32.0 Å². The molecule has 2 aromatic carbocycles. The third-order valence-electron chi connectivity index (χ3n) is 4.46. The van der Waals surface area contributed by atoms with E-state index >= 15 is 0 Å². The molecule has 4 N–H and O–H groups in total. The largest absolute Gasteiger partial charge is 0.497 e. The second-order valence-corrected chi connectivity index (χ2v) is 6.75. The van der Waals surface area contributed by atoms with Crippen LogP contribution in [0.4, 0.5) is 5.69 Å². The molecule has 1 aliphatic rings. The van der Waals surface area contributed by atoms with Crippen LogP contribution in [0.15, 0.2) is 48.5 Å². The normalized spacial score (nSPS) is 19.8. The van der Waals surface area contributed by atoms with Crippen molar-refractivity contribution in [3.8, 4) is 5.75 Å². The molecule has 0 radical (unpaired) electrons. The van der Waals surface area contributed by atoms with Gasteiger partial charge in [0.25, 0.3) is 0 Å². The van der Waals surface area contributed by atoms with Gasteiger partial charge >= 0.3 is 0 Å². The van der Waals surface area contributed by atoms with Crippen LogP contribution in [0.3, 0.4) is 0 Å². The SMILES string of the molecule is COc1ccc2c(c1)/C(=C/C(=O)c1ccc(N)cc1)NC(C)(C)C2O. The number of hydrogen-bond donors (Lipinski definition) is 3. The first-order chi connectivity index (χ1) is 11.8. The Bertz CT molecular complexity index is 839. The summed E-state index contributed by atoms with van der Waals surface area (Å²) in [6.45, 7) is 3.79. The van der Waals surface area contributed by atoms with Crippen LogP contribution in [0.2, 0.25) is 0 Å². The average Bonchev–Trinajstić information content (AvgIpc) is 2.59. The molecule has 1 atom stereocenters. The zero-order valence-electron chi connectivity index (χ0n) is 14.5. The minimum absolute atomic E-state index is 0.136. The van der Waals surface area contributed by atoms with E-state index in [0.29, 0.717) is 22.7 Å². The summed E-state index contributed by atoms with van der Waals surface area (Å²) in [6.07, 6.45) is 0.856. The lowest BCUT2D eigenvalue weighted by Gasteiger charge is -2.40. The van der Waals surface area contributed by atoms with Gasteiger partial charge in [0, 0.05) is 28.6 Å². The molecule has 2 aromatic rings. The molecule has 5 nitrogen and oxygen atoms in total. The maximum atomic E-state index is 12.6. The second kappa shape index (κ2) is 6.26. The van der Waals surface area contributed by atoms with Crippen LogP contribution < -0.4 is 15.8 Å². The number of rotatable bonds is 3. The number of aliphatic hydroxyl groups is 1. The van der Waals surface area contributed by atoms with Crippen LogP contribution in [0.25, 0.3) is 5.70 Å². The molecule has 25 heavy (non-hydrogen) atoms. The molecule has 0 fully saturated rings. The van der Waals surface area contributed by atoms with Crippen molar-refractivity contribution in [3.63, 3.8) is 0 Å². The van der Waals surface area contributed by atoms with E-state index in [0.717, 1.165) is 11.1 Å². The van der Waals surface area contributed by atoms with Gasteiger partial charge in [-0.1, -0.05) is 6.07 Å². The molecule has 1 heterocycles. The number of carbonyl (C=O) groups excluding carboxylic acids is 1. The molecule has 0 amide bonds. The van der Waals surface area contributed by atoms with Gasteiger partial charge in [0.15, 0.2) is 5.78 Å². The Labute approximate surface area is 147 Å². The van der Waals surface area contributed by atoms with Gasteiger partial charge in [0.1, 0.15) is 11.9 Å². The second-order valence-electron chi connectivity index (χ2n) is 6.75. The molecule has 3 rings (SSSR count). The highest BCUT2D eigenvalue weighted by Crippen LogP contribution is 2.39. The predicted molar refractivity (Wildman–Crippen MR) is 98.3 cm³/mol. The Morgan fingerprint density at radius 1 is 1.24 bits per heavy atom. The summed E-state index contributed by atoms with van der Waals surface area (Å²) >= 11 is 0. The summed E-state index contributed by atoms with van der Waals surface area (Å²) in [5, 5.41) is 13.9. The number of aliphatic hydroxyl groups excluding tert-OH is 1. The molecule has 0 aliphatic carbocycles. The highest BCUT2D eigenvalue weighted by molar-refractivity contribution is 6.08. The van der Waals surface area contributed by atoms with E-state index in [2.05, 4.69) is 5.32 Å². The maximum absolute atomic E-state index is 12.6. The quantitative estimate of drug-likeness (QED) is 0.455. The highest BCUT2D eigenvalue weighted by atomic mass is 16.5. The summed E-state index contributed by atoms with van der Waals surface area (Å²) in [5.74, 6) is 0.529. The molecular weight excluding hydrogens is 316 g/mol. The lowest BCUT2D eigenvalue weighted by molar-refractivity contribution is 0.0853. The number of methoxy groups -OCH3 is 1. The van der Waals surface area contributed by atoms with E-state index in [1.165, 1.54) is 0 Å². The van der Waals surface area contributed by atoms with Gasteiger partial charge < -0.3 is 20.9 Å². The van der Waals surface area contributed by atoms with Crippen LogP contribution in [-0.4, -0.2) is 23.5 Å². The van der Waals surface area contributed by atoms with Crippen LogP contribution in [0, 0.1) is 0 Å². The first-order valence-electron chi connectivity index (χ1n) is 8.08. The van der Waals surface area contributed by atoms with Crippen molar-refractivity contribution in [2.75, 3.05) is 12.8 Å². The summed E-state index contributed by atoms with van der Waals surface area (Å²) in [7, 11) is 1.58. The molecule has 1 unspecified atom stereocenters. The van der Waals surface area contributed by atoms with Gasteiger partial charge in [-0.25, -0.2) is 0 Å². The number of ketones is 1. The van der Waals surface area contributed by atoms with E-state index in [9.17, 15) is 9.90 Å². The van der Waals surface area contributed by atoms with Crippen molar-refractivity contribution in [2.24, 2.45) is 0 Å². The maximum Gasteiger partial charge on any atom is 0.187 e. The third-order valence-corrected chi connectivity index (χ3v) is 4.46. The first kappa shape index (κ1) is 17.0. The van der Waals surface area contributed by atoms with Crippen molar-refractivity contribution >= 4 is 17.2 Å². The smallest absolute Gasteiger partial charge is 0.187 e. The van der Waals surface area contributed by atoms with Gasteiger partial charge in [-0.05, 0) is 55.8 Å². The fourth-order valence-electron chi connectivity index (χ4n) is 2.98. The van der Waals surface area contributed by atoms with Gasteiger partial charge in [-0.3, -0.25) is 4.79 Å². The van der Waals surface area contributed by atoms with Crippen molar-refractivity contribution in [2.45, 2.75) is 25.5 Å². The number of nitrogens with two attached hydrogens (primary N) is 1. The zero-order valence-corrected chi connectivity index (χ0v) is 14.5. The van der Waals surface area contributed by atoms with E-state index in [-0.39, 0.29) is 5.78 Å². The standard InChI is InChI=1S/C20H22N2O3/c1-20(2)19(24)15-9-8-14(25-3)10-16(15)17(22-20)11-18(23)12-4-6-13(21)7-5-12/h4-11,19,22,24H,21H2,1-3H3/b17-11-. The van der Waals surface area contributed by atoms with Crippen LogP contribution in [-0.2, 0) is 0 Å². The van der Waals surface area contributed by atoms with Gasteiger partial charge in [-0.15, -0.1) is 0 Å². The number of anilines is 1. The average molecular weight is 338 g/mol. The van der Waals surface area contributed by atoms with Gasteiger partial charge in [-0.2, -0.15) is 0 Å². The predicted octanol–water partition coefficient (Wildman–Crippen LogP) is 2.92. The number of nitrogens with one attached hydrogen (secondary N) is 1. The summed E-state index contributed by atoms with van der Waals surface area (Å²) in [5.41, 5.74) is 8.42. The summed E-state index contributed by atoms with van der Waals surface area (Å²) < 4.78 is 5.28. The molecule has 0 saturated heterocycles. The van der Waals surface area contributed by atoms with Gasteiger partial charge in [0.05, 0.1) is 12.6 Å². The fraction of sp³-hybridized carbons (Fsp3) is 0.250. The topological polar surface area (TPSA) is 84.6 Å². The number of nitrogen functional groups attached to an aromatic ring is 1. The van der Waals surface area contributed by atoms with Crippen LogP contribution in [0.1, 0.15) is 41.4 Å². The molecule has 5 heteroatoms. The molecule has 1 aliphatic heterocycles. The number of ether oxygens (including phenoxy) is 1. The molecular formula is C20H22N2O3. The highest BCUT2D eigenvalue weighted by Gasteiger charge is 2.36. The number of hydrogen-bond acceptors (Lipinski definition) is 5. The lowest BCUT2D eigenvalue weighted by Crippen LogP contribution is -2.47. The minimum atomic E-state index is -0.697. The Kier molecular flexibility index (Phi) is 4.27. The zero-order chi connectivity index (χ0) is 18.2. The number of allylic oxidation sites excluding steroid dienone is 1. The number of benzene rings is 2. The number of fused-ring (bicyclic) bond motifs is 1. The Morgan fingerprint density at radius 2 is 1.92 bits per heavy atom. The Hall–Kier alpha value is -2.79. The fourth-order valence-corrected chi connectivity index (χ4v) is 2.98. The first-order valence-corrected chi connectivity index (χ1v) is 8.08. The Balaban J connectivity index is 2.07. The summed E-state index contributed by atoms with van der Waals surface area (Å²) in [4.78, 5) is 12.6. The molecule has 130 valence electrons. The monoisotopic (exact) mass is 338 g/mol. The molecule has 0 aromatic heterocycles. The third kappa shape index (κ3) is 3.23. The minimum Gasteiger partial charge on any atom is -0.497 e. The number of carbonyl (C=O) groups is 1. The Morgan fingerprint density at radius 3 is 2.56 bits per heavy atom. The molecule has 0 bridgehead atoms. The van der Waals surface area contributed by atoms with E-state index < -0.39 is 11.6 Å². The van der Waals surface area contributed by atoms with Crippen molar-refractivity contribution in [1.29, 1.82) is 0 Å². The lowest BCUT2D eigenvalue weighted by atomic mass is 9.82. The molecule has 0 saturated carbocycles. The van der Waals surface area contributed by atoms with Crippen molar-refractivity contribution in [3.05, 3.63) is 65.2 Å². The van der Waals surface area contributed by atoms with Gasteiger partial charge in [0.2, 0.25) is 0 Å². The van der Waals surface area contributed by atoms with Crippen molar-refractivity contribution < 1.29 is 14.6 Å². The summed E-state index contributed by atoms with van der Waals surface area (Å²) in [6, 6.07) is 12.3. The molecule has 0 spiro atoms. The van der Waals surface area contributed by atoms with Crippen LogP contribution >= 0.6 is 0 Å². The van der Waals surface area contributed by atoms with Crippen molar-refractivity contribution in [1.82, 2.24) is 5.32 Å².